The maximum atomic E-state index is 12.1. The van der Waals surface area contributed by atoms with E-state index in [-0.39, 0.29) is 23.4 Å². The predicted molar refractivity (Wildman–Crippen MR) is 99.1 cm³/mol. The van der Waals surface area contributed by atoms with Gasteiger partial charge in [0, 0.05) is 18.4 Å². The maximum absolute atomic E-state index is 12.1. The molecule has 1 aliphatic carbocycles. The number of hydrogen-bond donors (Lipinski definition) is 3. The van der Waals surface area contributed by atoms with Crippen LogP contribution < -0.4 is 16.2 Å². The summed E-state index contributed by atoms with van der Waals surface area (Å²) < 4.78 is 0. The number of anilines is 2. The number of nitrogens with zero attached hydrogens (tertiary/aromatic N) is 4. The van der Waals surface area contributed by atoms with Gasteiger partial charge in [-0.2, -0.15) is 0 Å². The van der Waals surface area contributed by atoms with Crippen LogP contribution >= 0.6 is 0 Å². The molecule has 0 bridgehead atoms. The van der Waals surface area contributed by atoms with Crippen LogP contribution in [0.15, 0.2) is 30.9 Å². The Kier molecular flexibility index (Phi) is 6.08. The van der Waals surface area contributed by atoms with Crippen LogP contribution in [-0.2, 0) is 0 Å². The highest BCUT2D eigenvalue weighted by Gasteiger charge is 2.25. The third-order valence-electron chi connectivity index (χ3n) is 4.42. The topological polar surface area (TPSA) is 135 Å². The summed E-state index contributed by atoms with van der Waals surface area (Å²) in [6.45, 7) is 0. The number of nitrogens with one attached hydrogen (secondary N) is 3. The minimum absolute atomic E-state index is 0.0802. The number of hydrogen-bond acceptors (Lipinski definition) is 8. The summed E-state index contributed by atoms with van der Waals surface area (Å²) in [7, 11) is 0. The minimum Gasteiger partial charge on any atom is -0.361 e. The monoisotopic (exact) mass is 371 g/mol. The zero-order chi connectivity index (χ0) is 19.1. The standard InChI is InChI=1S/C17H21N7O3/c25-17(12-6-5-9-18-10-12)23-22-16-14(24(26)27)15(19-11-20-16)21-13-7-3-1-2-4-8-13/h5-6,9-11,13H,1-4,7-8H2,(H,23,25)(H2,19,20,21,22). The molecule has 10 nitrogen and oxygen atoms in total. The first-order chi connectivity index (χ1) is 13.1. The lowest BCUT2D eigenvalue weighted by Crippen LogP contribution is -2.30. The predicted octanol–water partition coefficient (Wildman–Crippen LogP) is 2.67. The van der Waals surface area contributed by atoms with E-state index in [9.17, 15) is 14.9 Å². The molecule has 1 saturated carbocycles. The summed E-state index contributed by atoms with van der Waals surface area (Å²) in [5.74, 6) is -0.405. The largest absolute Gasteiger partial charge is 0.361 e. The normalized spacial score (nSPS) is 14.8. The van der Waals surface area contributed by atoms with Crippen LogP contribution in [-0.4, -0.2) is 31.8 Å². The summed E-state index contributed by atoms with van der Waals surface area (Å²) in [6, 6.07) is 3.34. The molecule has 27 heavy (non-hydrogen) atoms. The van der Waals surface area contributed by atoms with Crippen LogP contribution in [0.2, 0.25) is 0 Å². The Morgan fingerprint density at radius 2 is 1.89 bits per heavy atom. The highest BCUT2D eigenvalue weighted by atomic mass is 16.6. The quantitative estimate of drug-likeness (QED) is 0.401. The molecule has 2 aromatic heterocycles. The molecule has 0 radical (unpaired) electrons. The lowest BCUT2D eigenvalue weighted by Gasteiger charge is -2.17. The number of hydrazine groups is 1. The van der Waals surface area contributed by atoms with Crippen molar-refractivity contribution in [1.82, 2.24) is 20.4 Å². The van der Waals surface area contributed by atoms with Gasteiger partial charge in [0.25, 0.3) is 5.91 Å². The number of rotatable bonds is 6. The number of aromatic nitrogens is 3. The lowest BCUT2D eigenvalue weighted by molar-refractivity contribution is -0.383. The molecular weight excluding hydrogens is 350 g/mol. The van der Waals surface area contributed by atoms with E-state index < -0.39 is 10.8 Å². The van der Waals surface area contributed by atoms with Crippen molar-refractivity contribution in [2.24, 2.45) is 0 Å². The first-order valence-corrected chi connectivity index (χ1v) is 8.87. The van der Waals surface area contributed by atoms with Gasteiger partial charge in [0.2, 0.25) is 11.6 Å². The number of carbonyl (C=O) groups is 1. The summed E-state index contributed by atoms with van der Waals surface area (Å²) in [5, 5.41) is 14.8. The molecule has 1 amide bonds. The van der Waals surface area contributed by atoms with Crippen LogP contribution in [0.4, 0.5) is 17.3 Å². The smallest absolute Gasteiger partial charge is 0.354 e. The number of carbonyl (C=O) groups excluding carboxylic acids is 1. The van der Waals surface area contributed by atoms with Crippen LogP contribution in [0.25, 0.3) is 0 Å². The fraction of sp³-hybridized carbons (Fsp3) is 0.412. The SMILES string of the molecule is O=C(NNc1ncnc(NC2CCCCCC2)c1[N+](=O)[O-])c1cccnc1. The van der Waals surface area contributed by atoms with Gasteiger partial charge in [0.1, 0.15) is 6.33 Å². The van der Waals surface area contributed by atoms with Gasteiger partial charge in [-0.05, 0) is 25.0 Å². The molecule has 1 fully saturated rings. The van der Waals surface area contributed by atoms with Crippen molar-refractivity contribution in [2.45, 2.75) is 44.6 Å². The summed E-state index contributed by atoms with van der Waals surface area (Å²) in [5.41, 5.74) is 4.94. The van der Waals surface area contributed by atoms with Crippen molar-refractivity contribution in [3.63, 3.8) is 0 Å². The average Bonchev–Trinajstić information content (AvgIpc) is 2.95. The number of pyridine rings is 1. The molecule has 2 heterocycles. The second-order valence-electron chi connectivity index (χ2n) is 6.33. The van der Waals surface area contributed by atoms with Crippen LogP contribution in [0.5, 0.6) is 0 Å². The van der Waals surface area contributed by atoms with Gasteiger partial charge < -0.3 is 5.32 Å². The van der Waals surface area contributed by atoms with Gasteiger partial charge >= 0.3 is 5.69 Å². The third-order valence-corrected chi connectivity index (χ3v) is 4.42. The molecule has 3 N–H and O–H groups in total. The fourth-order valence-electron chi connectivity index (χ4n) is 3.05. The summed E-state index contributed by atoms with van der Waals surface area (Å²) >= 11 is 0. The Balaban J connectivity index is 1.74. The first kappa shape index (κ1) is 18.5. The van der Waals surface area contributed by atoms with E-state index in [4.69, 9.17) is 0 Å². The second-order valence-corrected chi connectivity index (χ2v) is 6.33. The van der Waals surface area contributed by atoms with E-state index in [1.165, 1.54) is 25.4 Å². The molecule has 0 spiro atoms. The van der Waals surface area contributed by atoms with Crippen LogP contribution in [0.1, 0.15) is 48.9 Å². The molecule has 3 rings (SSSR count). The Bertz CT molecular complexity index is 792. The van der Waals surface area contributed by atoms with Crippen molar-refractivity contribution in [3.05, 3.63) is 46.5 Å². The molecule has 0 aliphatic heterocycles. The number of amides is 1. The maximum Gasteiger partial charge on any atom is 0.354 e. The van der Waals surface area contributed by atoms with Gasteiger partial charge in [-0.3, -0.25) is 30.7 Å². The van der Waals surface area contributed by atoms with Crippen molar-refractivity contribution >= 4 is 23.2 Å². The zero-order valence-corrected chi connectivity index (χ0v) is 14.7. The Morgan fingerprint density at radius 1 is 1.15 bits per heavy atom. The van der Waals surface area contributed by atoms with Crippen molar-refractivity contribution in [3.8, 4) is 0 Å². The summed E-state index contributed by atoms with van der Waals surface area (Å²) in [4.78, 5) is 34.9. The van der Waals surface area contributed by atoms with E-state index in [1.54, 1.807) is 18.3 Å². The molecule has 0 aromatic carbocycles. The van der Waals surface area contributed by atoms with Crippen LogP contribution in [0.3, 0.4) is 0 Å². The van der Waals surface area contributed by atoms with E-state index in [0.717, 1.165) is 25.7 Å². The Labute approximate surface area is 155 Å². The van der Waals surface area contributed by atoms with Crippen molar-refractivity contribution in [2.75, 3.05) is 10.7 Å². The molecule has 142 valence electrons. The average molecular weight is 371 g/mol. The third kappa shape index (κ3) is 4.87. The van der Waals surface area contributed by atoms with Gasteiger partial charge in [0.05, 0.1) is 10.5 Å². The highest BCUT2D eigenvalue weighted by molar-refractivity contribution is 5.94. The van der Waals surface area contributed by atoms with Crippen LogP contribution in [0, 0.1) is 10.1 Å². The van der Waals surface area contributed by atoms with Gasteiger partial charge in [0.15, 0.2) is 0 Å². The Hall–Kier alpha value is -3.30. The van der Waals surface area contributed by atoms with Gasteiger partial charge in [-0.25, -0.2) is 9.97 Å². The highest BCUT2D eigenvalue weighted by Crippen LogP contribution is 2.30. The van der Waals surface area contributed by atoms with E-state index in [2.05, 4.69) is 31.1 Å². The molecule has 2 aromatic rings. The van der Waals surface area contributed by atoms with E-state index >= 15 is 0 Å². The number of nitro groups is 1. The minimum atomic E-state index is -0.558. The second kappa shape index (κ2) is 8.88. The Morgan fingerprint density at radius 3 is 2.56 bits per heavy atom. The fourth-order valence-corrected chi connectivity index (χ4v) is 3.05. The van der Waals surface area contributed by atoms with Crippen molar-refractivity contribution in [1.29, 1.82) is 0 Å². The molecule has 0 atom stereocenters. The molecule has 1 aliphatic rings. The van der Waals surface area contributed by atoms with Gasteiger partial charge in [-0.15, -0.1) is 0 Å². The van der Waals surface area contributed by atoms with Gasteiger partial charge in [-0.1, -0.05) is 25.7 Å². The lowest BCUT2D eigenvalue weighted by atomic mass is 10.1. The van der Waals surface area contributed by atoms with E-state index in [0.29, 0.717) is 5.56 Å². The van der Waals surface area contributed by atoms with Crippen molar-refractivity contribution < 1.29 is 9.72 Å². The molecule has 0 saturated heterocycles. The summed E-state index contributed by atoms with van der Waals surface area (Å²) in [6.07, 6.45) is 10.6. The first-order valence-electron chi connectivity index (χ1n) is 8.87. The molecular formula is C17H21N7O3. The molecule has 10 heteroatoms. The van der Waals surface area contributed by atoms with E-state index in [1.807, 2.05) is 0 Å². The zero-order valence-electron chi connectivity index (χ0n) is 14.7. The molecule has 0 unspecified atom stereocenters.